The Morgan fingerprint density at radius 3 is 1.00 bits per heavy atom. The number of carbonyl (C=O) groups is 2. The van der Waals surface area contributed by atoms with E-state index in [1.165, 1.54) is 6.92 Å². The molecule has 0 radical (unpaired) electrons. The molecule has 4 N–H and O–H groups in total. The molecule has 0 aliphatic carbocycles. The normalized spacial score (nSPS) is 7.96. The quantitative estimate of drug-likeness (QED) is 0.453. The molecule has 0 aromatic heterocycles. The molecule has 7 heteroatoms. The third-order valence-electron chi connectivity index (χ3n) is 1.94. The van der Waals surface area contributed by atoms with E-state index in [1.807, 2.05) is 0 Å². The van der Waals surface area contributed by atoms with Gasteiger partial charge < -0.3 is 20.4 Å². The summed E-state index contributed by atoms with van der Waals surface area (Å²) in [6.45, 7) is 8.43. The van der Waals surface area contributed by atoms with Gasteiger partial charge in [0.15, 0.2) is 0 Å². The standard InChI is InChI=1S/C4H6O3.3C4H10O.Zr/c1-3(5)2-4(6)7;3*1-2-3-4-5;/h2H2,1H3,(H,6,7);3*5H,2-4H2,1H3;. The Balaban J connectivity index is -0.0000000625. The van der Waals surface area contributed by atoms with Crippen LogP contribution in [0.25, 0.3) is 0 Å². The molecule has 0 aliphatic rings. The van der Waals surface area contributed by atoms with E-state index in [-0.39, 0.29) is 38.4 Å². The predicted octanol–water partition coefficient (Wildman–Crippen LogP) is 2.38. The first-order valence-corrected chi connectivity index (χ1v) is 7.91. The second kappa shape index (κ2) is 37.8. The van der Waals surface area contributed by atoms with Crippen LogP contribution in [0.5, 0.6) is 0 Å². The molecule has 0 bridgehead atoms. The molecule has 23 heavy (non-hydrogen) atoms. The first kappa shape index (κ1) is 34.3. The molecule has 0 aromatic carbocycles. The molecule has 0 fully saturated rings. The second-order valence-corrected chi connectivity index (χ2v) is 4.50. The van der Waals surface area contributed by atoms with E-state index in [1.54, 1.807) is 0 Å². The molecular formula is C16H36O6Zr. The molecule has 0 spiro atoms. The van der Waals surface area contributed by atoms with Crippen molar-refractivity contribution in [2.75, 3.05) is 19.8 Å². The van der Waals surface area contributed by atoms with Gasteiger partial charge in [-0.15, -0.1) is 0 Å². The molecule has 0 rings (SSSR count). The third-order valence-corrected chi connectivity index (χ3v) is 1.94. The minimum atomic E-state index is -1.06. The molecule has 0 aliphatic heterocycles. The maximum Gasteiger partial charge on any atom is 0.310 e. The molecule has 0 aromatic rings. The summed E-state index contributed by atoms with van der Waals surface area (Å²) in [5, 5.41) is 32.1. The van der Waals surface area contributed by atoms with Gasteiger partial charge >= 0.3 is 5.97 Å². The molecule has 0 atom stereocenters. The molecule has 0 saturated carbocycles. The summed E-state index contributed by atoms with van der Waals surface area (Å²) in [6.07, 6.45) is 5.75. The van der Waals surface area contributed by atoms with Crippen LogP contribution in [0.4, 0.5) is 0 Å². The van der Waals surface area contributed by atoms with Crippen molar-refractivity contribution >= 4 is 11.8 Å². The van der Waals surface area contributed by atoms with Crippen molar-refractivity contribution in [1.29, 1.82) is 0 Å². The summed E-state index contributed by atoms with van der Waals surface area (Å²) in [7, 11) is 0. The van der Waals surface area contributed by atoms with Gasteiger partial charge in [-0.25, -0.2) is 0 Å². The van der Waals surface area contributed by atoms with Gasteiger partial charge in [-0.3, -0.25) is 9.59 Å². The van der Waals surface area contributed by atoms with Gasteiger partial charge in [0.2, 0.25) is 0 Å². The van der Waals surface area contributed by atoms with Crippen LogP contribution in [0, 0.1) is 0 Å². The van der Waals surface area contributed by atoms with Crippen LogP contribution < -0.4 is 0 Å². The van der Waals surface area contributed by atoms with E-state index in [0.29, 0.717) is 19.8 Å². The average molecular weight is 416 g/mol. The number of aliphatic hydroxyl groups is 3. The number of carbonyl (C=O) groups excluding carboxylic acids is 1. The molecule has 0 unspecified atom stereocenters. The van der Waals surface area contributed by atoms with Crippen LogP contribution in [0.3, 0.4) is 0 Å². The number of hydrogen-bond acceptors (Lipinski definition) is 5. The zero-order valence-corrected chi connectivity index (χ0v) is 17.6. The van der Waals surface area contributed by atoms with E-state index in [9.17, 15) is 9.59 Å². The minimum absolute atomic E-state index is 0. The number of carboxylic acid groups (broad SMARTS) is 1. The summed E-state index contributed by atoms with van der Waals surface area (Å²) >= 11 is 0. The summed E-state index contributed by atoms with van der Waals surface area (Å²) in [5.74, 6) is -1.37. The summed E-state index contributed by atoms with van der Waals surface area (Å²) in [5.41, 5.74) is 0. The zero-order valence-electron chi connectivity index (χ0n) is 15.2. The van der Waals surface area contributed by atoms with Crippen molar-refractivity contribution in [3.05, 3.63) is 0 Å². The van der Waals surface area contributed by atoms with Gasteiger partial charge in [0.05, 0.1) is 0 Å². The number of ketones is 1. The Labute approximate surface area is 160 Å². The molecular weight excluding hydrogens is 379 g/mol. The van der Waals surface area contributed by atoms with Crippen LogP contribution in [-0.2, 0) is 35.8 Å². The number of carboxylic acids is 1. The van der Waals surface area contributed by atoms with E-state index >= 15 is 0 Å². The van der Waals surface area contributed by atoms with Gasteiger partial charge in [-0.05, 0) is 26.2 Å². The largest absolute Gasteiger partial charge is 0.481 e. The SMILES string of the molecule is CC(=O)CC(=O)O.CCCCO.CCCCO.CCCCO.[Zr]. The maximum atomic E-state index is 9.87. The van der Waals surface area contributed by atoms with Crippen LogP contribution in [0.15, 0.2) is 0 Å². The Hall–Kier alpha value is -0.0969. The first-order valence-electron chi connectivity index (χ1n) is 7.91. The van der Waals surface area contributed by atoms with Crippen LogP contribution in [0.2, 0.25) is 0 Å². The van der Waals surface area contributed by atoms with E-state index in [0.717, 1.165) is 38.5 Å². The second-order valence-electron chi connectivity index (χ2n) is 4.50. The predicted molar refractivity (Wildman–Crippen MR) is 88.9 cm³/mol. The zero-order chi connectivity index (χ0) is 18.2. The fourth-order valence-corrected chi connectivity index (χ4v) is 0.687. The van der Waals surface area contributed by atoms with Gasteiger partial charge in [-0.1, -0.05) is 40.0 Å². The number of Topliss-reactive ketones (excluding diaryl/α,β-unsaturated/α-hetero) is 1. The maximum absolute atomic E-state index is 9.87. The van der Waals surface area contributed by atoms with Gasteiger partial charge in [0.1, 0.15) is 12.2 Å². The van der Waals surface area contributed by atoms with Gasteiger partial charge in [-0.2, -0.15) is 0 Å². The minimum Gasteiger partial charge on any atom is -0.481 e. The summed E-state index contributed by atoms with van der Waals surface area (Å²) in [6, 6.07) is 0. The fraction of sp³-hybridized carbons (Fsp3) is 0.875. The van der Waals surface area contributed by atoms with Crippen LogP contribution >= 0.6 is 0 Å². The van der Waals surface area contributed by atoms with Crippen LogP contribution in [0.1, 0.15) is 72.6 Å². The molecule has 140 valence electrons. The summed E-state index contributed by atoms with van der Waals surface area (Å²) < 4.78 is 0. The van der Waals surface area contributed by atoms with Crippen molar-refractivity contribution in [3.8, 4) is 0 Å². The molecule has 0 amide bonds. The van der Waals surface area contributed by atoms with Gasteiger partial charge in [0.25, 0.3) is 0 Å². The van der Waals surface area contributed by atoms with Crippen molar-refractivity contribution in [2.45, 2.75) is 72.6 Å². The Morgan fingerprint density at radius 2 is 1.00 bits per heavy atom. The van der Waals surface area contributed by atoms with Crippen molar-refractivity contribution < 1.29 is 56.2 Å². The monoisotopic (exact) mass is 414 g/mol. The number of unbranched alkanes of at least 4 members (excludes halogenated alkanes) is 3. The fourth-order valence-electron chi connectivity index (χ4n) is 0.687. The van der Waals surface area contributed by atoms with Gasteiger partial charge in [0, 0.05) is 46.0 Å². The smallest absolute Gasteiger partial charge is 0.310 e. The molecule has 6 nitrogen and oxygen atoms in total. The van der Waals surface area contributed by atoms with Crippen molar-refractivity contribution in [3.63, 3.8) is 0 Å². The molecule has 0 heterocycles. The number of rotatable bonds is 8. The molecule has 0 saturated heterocycles. The number of aliphatic hydroxyl groups excluding tert-OH is 3. The number of aliphatic carboxylic acids is 1. The van der Waals surface area contributed by atoms with E-state index in [4.69, 9.17) is 20.4 Å². The number of hydrogen-bond donors (Lipinski definition) is 4. The van der Waals surface area contributed by atoms with Crippen molar-refractivity contribution in [1.82, 2.24) is 0 Å². The van der Waals surface area contributed by atoms with Crippen LogP contribution in [-0.4, -0.2) is 52.0 Å². The average Bonchev–Trinajstić information content (AvgIpc) is 2.42. The summed E-state index contributed by atoms with van der Waals surface area (Å²) in [4.78, 5) is 19.5. The third kappa shape index (κ3) is 88.5. The van der Waals surface area contributed by atoms with E-state index < -0.39 is 5.97 Å². The Morgan fingerprint density at radius 1 is 0.739 bits per heavy atom. The first-order chi connectivity index (χ1) is 10.4. The topological polar surface area (TPSA) is 115 Å². The van der Waals surface area contributed by atoms with Crippen molar-refractivity contribution in [2.24, 2.45) is 0 Å². The van der Waals surface area contributed by atoms with E-state index in [2.05, 4.69) is 20.8 Å². The Kier molecular flexibility index (Phi) is 56.4. The Bertz CT molecular complexity index is 180.